The van der Waals surface area contributed by atoms with Gasteiger partial charge in [-0.05, 0) is 61.9 Å². The number of carbonyl (C=O) groups excluding carboxylic acids is 2. The molecule has 1 atom stereocenters. The van der Waals surface area contributed by atoms with Gasteiger partial charge in [0, 0.05) is 29.7 Å². The molecule has 0 aliphatic carbocycles. The Morgan fingerprint density at radius 2 is 1.81 bits per heavy atom. The van der Waals surface area contributed by atoms with E-state index in [1.54, 1.807) is 48.5 Å². The van der Waals surface area contributed by atoms with E-state index < -0.39 is 0 Å². The molecule has 0 radical (unpaired) electrons. The average molecular weight is 473 g/mol. The summed E-state index contributed by atoms with van der Waals surface area (Å²) in [5, 5.41) is 12.1. The first-order valence-corrected chi connectivity index (χ1v) is 11.5. The molecule has 1 amide bonds. The fourth-order valence-corrected chi connectivity index (χ4v) is 3.90. The first kappa shape index (κ1) is 23.8. The minimum Gasteiger partial charge on any atom is -0.486 e. The molecule has 0 spiro atoms. The number of carbonyl (C=O) groups is 2. The third-order valence-corrected chi connectivity index (χ3v) is 6.07. The van der Waals surface area contributed by atoms with E-state index >= 15 is 0 Å². The number of ether oxygens (including phenoxy) is 1. The number of aromatic nitrogens is 3. The van der Waals surface area contributed by atoms with Crippen LogP contribution in [0.25, 0.3) is 0 Å². The molecule has 0 saturated heterocycles. The SMILES string of the molecule is CCCC(=O)Nc1ccc(C(=O)[C@H](C)Sc2nnc(COc3ccc(Cl)cc3)n2C)cc1. The van der Waals surface area contributed by atoms with Gasteiger partial charge in [-0.1, -0.05) is 30.3 Å². The molecule has 1 aromatic heterocycles. The maximum absolute atomic E-state index is 12.8. The van der Waals surface area contributed by atoms with Gasteiger partial charge in [0.2, 0.25) is 5.91 Å². The molecule has 0 aliphatic heterocycles. The summed E-state index contributed by atoms with van der Waals surface area (Å²) >= 11 is 7.22. The lowest BCUT2D eigenvalue weighted by Crippen LogP contribution is -2.15. The summed E-state index contributed by atoms with van der Waals surface area (Å²) < 4.78 is 7.54. The fourth-order valence-electron chi connectivity index (χ4n) is 2.87. The minimum atomic E-state index is -0.358. The largest absolute Gasteiger partial charge is 0.486 e. The van der Waals surface area contributed by atoms with Crippen LogP contribution in [0.3, 0.4) is 0 Å². The van der Waals surface area contributed by atoms with Gasteiger partial charge in [0.05, 0.1) is 5.25 Å². The zero-order chi connectivity index (χ0) is 23.1. The second kappa shape index (κ2) is 11.2. The van der Waals surface area contributed by atoms with Gasteiger partial charge in [0.15, 0.2) is 16.8 Å². The number of ketones is 1. The van der Waals surface area contributed by atoms with Crippen molar-refractivity contribution in [1.29, 1.82) is 0 Å². The van der Waals surface area contributed by atoms with Gasteiger partial charge >= 0.3 is 0 Å². The van der Waals surface area contributed by atoms with Crippen molar-refractivity contribution >= 4 is 40.7 Å². The standard InChI is InChI=1S/C23H25ClN4O3S/c1-4-5-21(29)25-18-10-6-16(7-11-18)22(30)15(2)32-23-27-26-20(28(23)3)14-31-19-12-8-17(24)9-13-19/h6-13,15H,4-5,14H2,1-3H3,(H,25,29)/t15-/m0/s1. The number of halogens is 1. The van der Waals surface area contributed by atoms with Crippen molar-refractivity contribution in [1.82, 2.24) is 14.8 Å². The van der Waals surface area contributed by atoms with Gasteiger partial charge in [-0.3, -0.25) is 9.59 Å². The van der Waals surface area contributed by atoms with Crippen LogP contribution in [0.15, 0.2) is 53.7 Å². The van der Waals surface area contributed by atoms with Crippen LogP contribution >= 0.6 is 23.4 Å². The summed E-state index contributed by atoms with van der Waals surface area (Å²) in [5.74, 6) is 1.27. The highest BCUT2D eigenvalue weighted by Crippen LogP contribution is 2.25. The van der Waals surface area contributed by atoms with Gasteiger partial charge < -0.3 is 14.6 Å². The molecule has 9 heteroatoms. The van der Waals surface area contributed by atoms with E-state index in [9.17, 15) is 9.59 Å². The predicted molar refractivity (Wildman–Crippen MR) is 126 cm³/mol. The lowest BCUT2D eigenvalue weighted by atomic mass is 10.1. The lowest BCUT2D eigenvalue weighted by Gasteiger charge is -2.11. The van der Waals surface area contributed by atoms with E-state index in [-0.39, 0.29) is 23.5 Å². The van der Waals surface area contributed by atoms with Gasteiger partial charge in [0.1, 0.15) is 12.4 Å². The van der Waals surface area contributed by atoms with Gasteiger partial charge in [-0.15, -0.1) is 10.2 Å². The smallest absolute Gasteiger partial charge is 0.224 e. The first-order chi connectivity index (χ1) is 15.4. The molecule has 168 valence electrons. The van der Waals surface area contributed by atoms with Crippen molar-refractivity contribution < 1.29 is 14.3 Å². The van der Waals surface area contributed by atoms with E-state index in [0.29, 0.717) is 39.4 Å². The topological polar surface area (TPSA) is 86.1 Å². The Morgan fingerprint density at radius 3 is 2.47 bits per heavy atom. The van der Waals surface area contributed by atoms with Crippen molar-refractivity contribution in [2.24, 2.45) is 7.05 Å². The summed E-state index contributed by atoms with van der Waals surface area (Å²) in [7, 11) is 1.84. The number of hydrogen-bond acceptors (Lipinski definition) is 6. The molecule has 32 heavy (non-hydrogen) atoms. The Kier molecular flexibility index (Phi) is 8.30. The quantitative estimate of drug-likeness (QED) is 0.324. The van der Waals surface area contributed by atoms with E-state index in [2.05, 4.69) is 15.5 Å². The third kappa shape index (κ3) is 6.34. The van der Waals surface area contributed by atoms with Crippen molar-refractivity contribution in [3.8, 4) is 5.75 Å². The summed E-state index contributed by atoms with van der Waals surface area (Å²) in [5.41, 5.74) is 1.26. The van der Waals surface area contributed by atoms with Gasteiger partial charge in [-0.25, -0.2) is 0 Å². The molecule has 0 saturated carbocycles. The molecule has 3 aromatic rings. The Morgan fingerprint density at radius 1 is 1.12 bits per heavy atom. The van der Waals surface area contributed by atoms with Crippen LogP contribution < -0.4 is 10.1 Å². The number of rotatable bonds is 10. The maximum atomic E-state index is 12.8. The van der Waals surface area contributed by atoms with Gasteiger partial charge in [-0.2, -0.15) is 0 Å². The number of hydrogen-bond donors (Lipinski definition) is 1. The van der Waals surface area contributed by atoms with Crippen molar-refractivity contribution in [3.05, 3.63) is 64.9 Å². The second-order valence-corrected chi connectivity index (χ2v) is 8.94. The number of benzene rings is 2. The summed E-state index contributed by atoms with van der Waals surface area (Å²) in [4.78, 5) is 24.5. The highest BCUT2D eigenvalue weighted by atomic mass is 35.5. The first-order valence-electron chi connectivity index (χ1n) is 10.2. The monoisotopic (exact) mass is 472 g/mol. The molecule has 1 heterocycles. The molecule has 0 bridgehead atoms. The van der Waals surface area contributed by atoms with Crippen molar-refractivity contribution in [2.75, 3.05) is 5.32 Å². The molecule has 0 aliphatic rings. The van der Waals surface area contributed by atoms with Crippen molar-refractivity contribution in [3.63, 3.8) is 0 Å². The van der Waals surface area contributed by atoms with Crippen LogP contribution in [-0.2, 0) is 18.4 Å². The molecule has 3 rings (SSSR count). The Bertz CT molecular complexity index is 1070. The van der Waals surface area contributed by atoms with Crippen LogP contribution in [0.1, 0.15) is 42.9 Å². The van der Waals surface area contributed by atoms with E-state index in [1.807, 2.05) is 25.5 Å². The van der Waals surface area contributed by atoms with Gasteiger partial charge in [0.25, 0.3) is 0 Å². The summed E-state index contributed by atoms with van der Waals surface area (Å²) in [6.45, 7) is 4.04. The summed E-state index contributed by atoms with van der Waals surface area (Å²) in [6, 6.07) is 14.0. The van der Waals surface area contributed by atoms with Crippen LogP contribution in [0.2, 0.25) is 5.02 Å². The second-order valence-electron chi connectivity index (χ2n) is 7.20. The van der Waals surface area contributed by atoms with Crippen LogP contribution in [0.5, 0.6) is 5.75 Å². The molecule has 0 unspecified atom stereocenters. The third-order valence-electron chi connectivity index (χ3n) is 4.69. The highest BCUT2D eigenvalue weighted by molar-refractivity contribution is 8.00. The van der Waals surface area contributed by atoms with Crippen molar-refractivity contribution in [2.45, 2.75) is 43.7 Å². The number of nitrogens with one attached hydrogen (secondary N) is 1. The van der Waals surface area contributed by atoms with Crippen LogP contribution in [-0.4, -0.2) is 31.7 Å². The fraction of sp³-hybridized carbons (Fsp3) is 0.304. The predicted octanol–water partition coefficient (Wildman–Crippen LogP) is 5.15. The van der Waals surface area contributed by atoms with Crippen LogP contribution in [0, 0.1) is 0 Å². The van der Waals surface area contributed by atoms with E-state index in [1.165, 1.54) is 11.8 Å². The average Bonchev–Trinajstić information content (AvgIpc) is 3.12. The van der Waals surface area contributed by atoms with E-state index in [4.69, 9.17) is 16.3 Å². The molecule has 1 N–H and O–H groups in total. The molecular formula is C23H25ClN4O3S. The van der Waals surface area contributed by atoms with E-state index in [0.717, 1.165) is 6.42 Å². The normalized spacial score (nSPS) is 11.8. The lowest BCUT2D eigenvalue weighted by molar-refractivity contribution is -0.116. The minimum absolute atomic E-state index is 0.0246. The number of amides is 1. The summed E-state index contributed by atoms with van der Waals surface area (Å²) in [6.07, 6.45) is 1.26. The number of thioether (sulfide) groups is 1. The number of nitrogens with zero attached hydrogens (tertiary/aromatic N) is 3. The Labute approximate surface area is 196 Å². The molecular weight excluding hydrogens is 448 g/mol. The molecule has 7 nitrogen and oxygen atoms in total. The molecule has 0 fully saturated rings. The zero-order valence-corrected chi connectivity index (χ0v) is 19.7. The molecule has 2 aromatic carbocycles. The maximum Gasteiger partial charge on any atom is 0.224 e. The number of anilines is 1. The van der Waals surface area contributed by atoms with Crippen LogP contribution in [0.4, 0.5) is 5.69 Å². The zero-order valence-electron chi connectivity index (χ0n) is 18.2. The Balaban J connectivity index is 1.58. The highest BCUT2D eigenvalue weighted by Gasteiger charge is 2.20. The Hall–Kier alpha value is -2.84. The number of Topliss-reactive ketones (excluding diaryl/α,β-unsaturated/α-hetero) is 1.